The second kappa shape index (κ2) is 8.21. The van der Waals surface area contributed by atoms with E-state index in [1.165, 1.54) is 24.0 Å². The zero-order valence-electron chi connectivity index (χ0n) is 18.3. The van der Waals surface area contributed by atoms with E-state index >= 15 is 0 Å². The number of hydrogen-bond acceptors (Lipinski definition) is 4. The van der Waals surface area contributed by atoms with Crippen molar-refractivity contribution >= 4 is 5.91 Å². The van der Waals surface area contributed by atoms with Crippen LogP contribution in [0, 0.1) is 0 Å². The van der Waals surface area contributed by atoms with Crippen LogP contribution < -0.4 is 19.5 Å². The highest BCUT2D eigenvalue weighted by molar-refractivity contribution is 5.81. The van der Waals surface area contributed by atoms with Gasteiger partial charge in [0.15, 0.2) is 6.10 Å². The van der Waals surface area contributed by atoms with Gasteiger partial charge in [0.1, 0.15) is 22.8 Å². The lowest BCUT2D eigenvalue weighted by molar-refractivity contribution is -0.128. The van der Waals surface area contributed by atoms with Crippen molar-refractivity contribution in [2.24, 2.45) is 0 Å². The van der Waals surface area contributed by atoms with Crippen LogP contribution in [0.5, 0.6) is 17.2 Å². The highest BCUT2D eigenvalue weighted by atomic mass is 16.5. The molecule has 0 radical (unpaired) electrons. The van der Waals surface area contributed by atoms with Crippen LogP contribution in [0.4, 0.5) is 0 Å². The number of carbonyl (C=O) groups excluding carboxylic acids is 1. The average Bonchev–Trinajstić information content (AvgIpc) is 2.73. The largest absolute Gasteiger partial charge is 0.497 e. The van der Waals surface area contributed by atoms with Crippen molar-refractivity contribution < 1.29 is 19.0 Å². The predicted molar refractivity (Wildman–Crippen MR) is 116 cm³/mol. The van der Waals surface area contributed by atoms with Gasteiger partial charge in [0.05, 0.1) is 13.2 Å². The van der Waals surface area contributed by atoms with Gasteiger partial charge in [0.25, 0.3) is 5.91 Å². The molecule has 1 heterocycles. The smallest absolute Gasteiger partial charge is 0.261 e. The van der Waals surface area contributed by atoms with Gasteiger partial charge in [0, 0.05) is 12.0 Å². The topological polar surface area (TPSA) is 56.8 Å². The first-order valence-corrected chi connectivity index (χ1v) is 10.8. The summed E-state index contributed by atoms with van der Waals surface area (Å²) < 4.78 is 17.6. The molecule has 1 aliphatic carbocycles. The van der Waals surface area contributed by atoms with E-state index in [0.717, 1.165) is 35.7 Å². The molecule has 0 saturated heterocycles. The monoisotopic (exact) mass is 409 g/mol. The molecule has 0 bridgehead atoms. The Hall–Kier alpha value is -2.69. The second-order valence-corrected chi connectivity index (χ2v) is 8.89. The Kier molecular flexibility index (Phi) is 5.63. The molecule has 0 unspecified atom stereocenters. The summed E-state index contributed by atoms with van der Waals surface area (Å²) in [5, 5.41) is 3.18. The maximum Gasteiger partial charge on any atom is 0.261 e. The molecule has 2 aliphatic rings. The Balaban J connectivity index is 1.51. The quantitative estimate of drug-likeness (QED) is 0.774. The van der Waals surface area contributed by atoms with E-state index in [9.17, 15) is 4.79 Å². The van der Waals surface area contributed by atoms with Gasteiger partial charge in [-0.1, -0.05) is 12.1 Å². The third kappa shape index (κ3) is 4.25. The number of amides is 1. The molecular weight excluding hydrogens is 378 g/mol. The number of methoxy groups -OCH3 is 1. The first-order valence-electron chi connectivity index (χ1n) is 10.8. The summed E-state index contributed by atoms with van der Waals surface area (Å²) in [5.74, 6) is 2.24. The van der Waals surface area contributed by atoms with E-state index in [2.05, 4.69) is 11.4 Å². The zero-order chi connectivity index (χ0) is 21.3. The van der Waals surface area contributed by atoms with E-state index in [0.29, 0.717) is 6.42 Å². The first kappa shape index (κ1) is 20.6. The van der Waals surface area contributed by atoms with Gasteiger partial charge in [-0.25, -0.2) is 0 Å². The van der Waals surface area contributed by atoms with Crippen molar-refractivity contribution in [3.05, 3.63) is 53.1 Å². The van der Waals surface area contributed by atoms with Crippen LogP contribution in [0.3, 0.4) is 0 Å². The van der Waals surface area contributed by atoms with Crippen molar-refractivity contribution in [3.63, 3.8) is 0 Å². The standard InChI is InChI=1S/C25H31NO4/c1-16(29-22-11-7-9-17-8-5-6-10-19(17)22)24(27)26-21-15-25(2,3)30-23-13-12-18(28-4)14-20(21)23/h7,9,11-14,16,21H,5-6,8,10,15H2,1-4H3,(H,26,27)/t16-,21-/m0/s1. The summed E-state index contributed by atoms with van der Waals surface area (Å²) in [5.41, 5.74) is 3.16. The van der Waals surface area contributed by atoms with E-state index in [4.69, 9.17) is 14.2 Å². The molecule has 30 heavy (non-hydrogen) atoms. The Labute approximate surface area is 178 Å². The van der Waals surface area contributed by atoms with E-state index in [1.807, 2.05) is 51.1 Å². The molecule has 1 aliphatic heterocycles. The van der Waals surface area contributed by atoms with Gasteiger partial charge in [-0.15, -0.1) is 0 Å². The lowest BCUT2D eigenvalue weighted by Crippen LogP contribution is -2.44. The summed E-state index contributed by atoms with van der Waals surface area (Å²) in [7, 11) is 1.64. The van der Waals surface area contributed by atoms with Gasteiger partial charge < -0.3 is 19.5 Å². The second-order valence-electron chi connectivity index (χ2n) is 8.89. The third-order valence-corrected chi connectivity index (χ3v) is 6.02. The van der Waals surface area contributed by atoms with Gasteiger partial charge in [-0.3, -0.25) is 4.79 Å². The predicted octanol–water partition coefficient (Wildman–Crippen LogP) is 4.76. The summed E-state index contributed by atoms with van der Waals surface area (Å²) in [6, 6.07) is 11.7. The lowest BCUT2D eigenvalue weighted by Gasteiger charge is -2.38. The number of benzene rings is 2. The van der Waals surface area contributed by atoms with E-state index < -0.39 is 6.10 Å². The molecule has 160 valence electrons. The summed E-state index contributed by atoms with van der Waals surface area (Å²) in [4.78, 5) is 13.1. The molecule has 5 nitrogen and oxygen atoms in total. The van der Waals surface area contributed by atoms with Crippen molar-refractivity contribution in [1.82, 2.24) is 5.32 Å². The van der Waals surface area contributed by atoms with Crippen LogP contribution in [-0.4, -0.2) is 24.7 Å². The maximum atomic E-state index is 13.1. The third-order valence-electron chi connectivity index (χ3n) is 6.02. The van der Waals surface area contributed by atoms with Gasteiger partial charge in [0.2, 0.25) is 0 Å². The van der Waals surface area contributed by atoms with E-state index in [-0.39, 0.29) is 17.6 Å². The minimum Gasteiger partial charge on any atom is -0.497 e. The molecule has 2 aromatic carbocycles. The fourth-order valence-corrected chi connectivity index (χ4v) is 4.48. The molecule has 0 saturated carbocycles. The Morgan fingerprint density at radius 1 is 1.20 bits per heavy atom. The van der Waals surface area contributed by atoms with Crippen LogP contribution in [0.2, 0.25) is 0 Å². The molecule has 0 aromatic heterocycles. The zero-order valence-corrected chi connectivity index (χ0v) is 18.3. The molecule has 2 atom stereocenters. The molecule has 2 aromatic rings. The van der Waals surface area contributed by atoms with Crippen LogP contribution in [-0.2, 0) is 17.6 Å². The highest BCUT2D eigenvalue weighted by Gasteiger charge is 2.35. The summed E-state index contributed by atoms with van der Waals surface area (Å²) in [6.45, 7) is 5.89. The number of aryl methyl sites for hydroxylation is 1. The van der Waals surface area contributed by atoms with Crippen LogP contribution in [0.25, 0.3) is 0 Å². The van der Waals surface area contributed by atoms with Crippen molar-refractivity contribution in [2.45, 2.75) is 70.6 Å². The molecular formula is C25H31NO4. The number of ether oxygens (including phenoxy) is 3. The van der Waals surface area contributed by atoms with Gasteiger partial charge in [-0.2, -0.15) is 0 Å². The van der Waals surface area contributed by atoms with Crippen molar-refractivity contribution in [2.75, 3.05) is 7.11 Å². The summed E-state index contributed by atoms with van der Waals surface area (Å²) in [6.07, 6.45) is 4.58. The average molecular weight is 410 g/mol. The number of nitrogens with one attached hydrogen (secondary N) is 1. The van der Waals surface area contributed by atoms with Gasteiger partial charge in [-0.05, 0) is 81.8 Å². The summed E-state index contributed by atoms with van der Waals surface area (Å²) >= 11 is 0. The first-order chi connectivity index (χ1) is 14.4. The molecule has 5 heteroatoms. The molecule has 0 fully saturated rings. The Morgan fingerprint density at radius 3 is 2.80 bits per heavy atom. The number of rotatable bonds is 5. The minimum absolute atomic E-state index is 0.125. The van der Waals surface area contributed by atoms with Crippen molar-refractivity contribution in [1.29, 1.82) is 0 Å². The van der Waals surface area contributed by atoms with E-state index in [1.54, 1.807) is 7.11 Å². The number of fused-ring (bicyclic) bond motifs is 2. The molecule has 4 rings (SSSR count). The number of hydrogen-bond donors (Lipinski definition) is 1. The maximum absolute atomic E-state index is 13.1. The van der Waals surface area contributed by atoms with Crippen LogP contribution in [0.15, 0.2) is 36.4 Å². The molecule has 0 spiro atoms. The highest BCUT2D eigenvalue weighted by Crippen LogP contribution is 2.41. The molecule has 1 amide bonds. The van der Waals surface area contributed by atoms with Crippen LogP contribution in [0.1, 0.15) is 62.8 Å². The fourth-order valence-electron chi connectivity index (χ4n) is 4.48. The lowest BCUT2D eigenvalue weighted by atomic mass is 9.89. The Bertz CT molecular complexity index is 937. The van der Waals surface area contributed by atoms with Crippen LogP contribution >= 0.6 is 0 Å². The normalized spacial score (nSPS) is 20.2. The van der Waals surface area contributed by atoms with Gasteiger partial charge >= 0.3 is 0 Å². The number of carbonyl (C=O) groups is 1. The Morgan fingerprint density at radius 2 is 2.00 bits per heavy atom. The SMILES string of the molecule is COc1ccc2c(c1)[C@@H](NC(=O)[C@H](C)Oc1cccc3c1CCCC3)CC(C)(C)O2. The van der Waals surface area contributed by atoms with Crippen molar-refractivity contribution in [3.8, 4) is 17.2 Å². The minimum atomic E-state index is -0.585. The fraction of sp³-hybridized carbons (Fsp3) is 0.480. The molecule has 1 N–H and O–H groups in total.